The molecule has 0 bridgehead atoms. The standard InChI is InChI=1S/C18H21N3O2S/c1-3-13-4-7-16(8-5-13)23-12-15-10-14(6-9-17(15)22-2)11-20-21-18(19)24/h4-11H,3,12H2,1-2H3,(H3,19,21,24). The highest BCUT2D eigenvalue weighted by Gasteiger charge is 2.05. The Balaban J connectivity index is 2.08. The quantitative estimate of drug-likeness (QED) is 0.459. The summed E-state index contributed by atoms with van der Waals surface area (Å²) in [5.41, 5.74) is 11.0. The molecular weight excluding hydrogens is 322 g/mol. The normalized spacial score (nSPS) is 10.6. The lowest BCUT2D eigenvalue weighted by Crippen LogP contribution is -2.24. The van der Waals surface area contributed by atoms with Crippen LogP contribution in [0.15, 0.2) is 47.6 Å². The zero-order chi connectivity index (χ0) is 17.4. The maximum absolute atomic E-state index is 5.85. The second-order valence-corrected chi connectivity index (χ2v) is 5.53. The van der Waals surface area contributed by atoms with E-state index in [0.29, 0.717) is 6.61 Å². The fraction of sp³-hybridized carbons (Fsp3) is 0.222. The Morgan fingerprint density at radius 1 is 1.25 bits per heavy atom. The summed E-state index contributed by atoms with van der Waals surface area (Å²) in [7, 11) is 1.64. The monoisotopic (exact) mass is 343 g/mol. The molecule has 0 radical (unpaired) electrons. The van der Waals surface area contributed by atoms with E-state index in [1.165, 1.54) is 5.56 Å². The fourth-order valence-electron chi connectivity index (χ4n) is 2.14. The van der Waals surface area contributed by atoms with E-state index < -0.39 is 0 Å². The van der Waals surface area contributed by atoms with Gasteiger partial charge in [0.2, 0.25) is 0 Å². The molecule has 6 heteroatoms. The average molecular weight is 343 g/mol. The van der Waals surface area contributed by atoms with Crippen LogP contribution in [0.2, 0.25) is 0 Å². The molecule has 0 unspecified atom stereocenters. The predicted molar refractivity (Wildman–Crippen MR) is 101 cm³/mol. The van der Waals surface area contributed by atoms with Crippen LogP contribution in [0.1, 0.15) is 23.6 Å². The van der Waals surface area contributed by atoms with Crippen molar-refractivity contribution in [3.63, 3.8) is 0 Å². The van der Waals surface area contributed by atoms with Crippen molar-refractivity contribution < 1.29 is 9.47 Å². The first-order chi connectivity index (χ1) is 11.6. The molecule has 0 heterocycles. The first-order valence-electron chi connectivity index (χ1n) is 7.59. The molecule has 2 aromatic carbocycles. The Hall–Kier alpha value is -2.60. The SMILES string of the molecule is CCc1ccc(OCc2cc(C=NNC(N)=S)ccc2OC)cc1. The van der Waals surface area contributed by atoms with Gasteiger partial charge in [0.25, 0.3) is 0 Å². The summed E-state index contributed by atoms with van der Waals surface area (Å²) in [6, 6.07) is 13.8. The van der Waals surface area contributed by atoms with Gasteiger partial charge in [0, 0.05) is 5.56 Å². The molecular formula is C18H21N3O2S. The van der Waals surface area contributed by atoms with E-state index >= 15 is 0 Å². The van der Waals surface area contributed by atoms with Crippen LogP contribution in [0, 0.1) is 0 Å². The van der Waals surface area contributed by atoms with Crippen molar-refractivity contribution in [2.24, 2.45) is 10.8 Å². The Labute approximate surface area is 147 Å². The summed E-state index contributed by atoms with van der Waals surface area (Å²) in [5.74, 6) is 1.59. The highest BCUT2D eigenvalue weighted by atomic mass is 32.1. The minimum absolute atomic E-state index is 0.124. The van der Waals surface area contributed by atoms with E-state index in [-0.39, 0.29) is 5.11 Å². The molecule has 0 aromatic heterocycles. The van der Waals surface area contributed by atoms with Crippen LogP contribution >= 0.6 is 12.2 Å². The van der Waals surface area contributed by atoms with Gasteiger partial charge in [-0.05, 0) is 60.1 Å². The zero-order valence-electron chi connectivity index (χ0n) is 13.8. The van der Waals surface area contributed by atoms with Crippen molar-refractivity contribution in [3.8, 4) is 11.5 Å². The second kappa shape index (κ2) is 8.88. The van der Waals surface area contributed by atoms with Crippen LogP contribution in [-0.2, 0) is 13.0 Å². The summed E-state index contributed by atoms with van der Waals surface area (Å²) in [4.78, 5) is 0. The van der Waals surface area contributed by atoms with E-state index in [0.717, 1.165) is 29.0 Å². The van der Waals surface area contributed by atoms with Gasteiger partial charge in [0.15, 0.2) is 5.11 Å². The summed E-state index contributed by atoms with van der Waals surface area (Å²) in [6.07, 6.45) is 2.65. The maximum Gasteiger partial charge on any atom is 0.184 e. The Morgan fingerprint density at radius 2 is 2.00 bits per heavy atom. The van der Waals surface area contributed by atoms with Crippen molar-refractivity contribution in [1.29, 1.82) is 0 Å². The topological polar surface area (TPSA) is 68.9 Å². The number of methoxy groups -OCH3 is 1. The smallest absolute Gasteiger partial charge is 0.184 e. The number of hydrogen-bond donors (Lipinski definition) is 2. The van der Waals surface area contributed by atoms with Crippen LogP contribution < -0.4 is 20.6 Å². The van der Waals surface area contributed by atoms with E-state index in [4.69, 9.17) is 27.4 Å². The second-order valence-electron chi connectivity index (χ2n) is 5.09. The van der Waals surface area contributed by atoms with Crippen molar-refractivity contribution in [2.45, 2.75) is 20.0 Å². The molecule has 0 fully saturated rings. The molecule has 0 spiro atoms. The molecule has 0 saturated carbocycles. The third-order valence-electron chi connectivity index (χ3n) is 3.42. The minimum Gasteiger partial charge on any atom is -0.496 e. The van der Waals surface area contributed by atoms with E-state index in [9.17, 15) is 0 Å². The predicted octanol–water partition coefficient (Wildman–Crippen LogP) is 3.00. The number of ether oxygens (including phenoxy) is 2. The van der Waals surface area contributed by atoms with Crippen molar-refractivity contribution in [2.75, 3.05) is 7.11 Å². The highest BCUT2D eigenvalue weighted by Crippen LogP contribution is 2.22. The van der Waals surface area contributed by atoms with E-state index in [1.807, 2.05) is 30.3 Å². The number of aryl methyl sites for hydroxylation is 1. The molecule has 126 valence electrons. The van der Waals surface area contributed by atoms with Gasteiger partial charge in [0.05, 0.1) is 13.3 Å². The number of benzene rings is 2. The number of rotatable bonds is 7. The van der Waals surface area contributed by atoms with Crippen LogP contribution in [0.3, 0.4) is 0 Å². The Bertz CT molecular complexity index is 715. The third kappa shape index (κ3) is 5.24. The Morgan fingerprint density at radius 3 is 2.62 bits per heavy atom. The number of thiocarbonyl (C=S) groups is 1. The summed E-state index contributed by atoms with van der Waals surface area (Å²) in [5, 5.41) is 4.08. The number of hydrazone groups is 1. The van der Waals surface area contributed by atoms with Crippen LogP contribution in [0.5, 0.6) is 11.5 Å². The maximum atomic E-state index is 5.85. The van der Waals surface area contributed by atoms with Crippen LogP contribution in [0.25, 0.3) is 0 Å². The zero-order valence-corrected chi connectivity index (χ0v) is 14.6. The number of hydrogen-bond acceptors (Lipinski definition) is 4. The molecule has 0 aliphatic rings. The molecule has 2 rings (SSSR count). The number of nitrogens with one attached hydrogen (secondary N) is 1. The number of nitrogens with two attached hydrogens (primary N) is 1. The molecule has 0 aliphatic carbocycles. The number of nitrogens with zero attached hydrogens (tertiary/aromatic N) is 1. The van der Waals surface area contributed by atoms with Gasteiger partial charge >= 0.3 is 0 Å². The average Bonchev–Trinajstić information content (AvgIpc) is 2.60. The van der Waals surface area contributed by atoms with E-state index in [1.54, 1.807) is 13.3 Å². The summed E-state index contributed by atoms with van der Waals surface area (Å²) in [6.45, 7) is 2.53. The summed E-state index contributed by atoms with van der Waals surface area (Å²) < 4.78 is 11.2. The largest absolute Gasteiger partial charge is 0.496 e. The van der Waals surface area contributed by atoms with E-state index in [2.05, 4.69) is 29.6 Å². The first-order valence-corrected chi connectivity index (χ1v) is 8.00. The van der Waals surface area contributed by atoms with Gasteiger partial charge < -0.3 is 15.2 Å². The van der Waals surface area contributed by atoms with Crippen molar-refractivity contribution in [3.05, 3.63) is 59.2 Å². The molecule has 0 aliphatic heterocycles. The highest BCUT2D eigenvalue weighted by molar-refractivity contribution is 7.80. The van der Waals surface area contributed by atoms with Crippen molar-refractivity contribution in [1.82, 2.24) is 5.43 Å². The lowest BCUT2D eigenvalue weighted by Gasteiger charge is -2.11. The van der Waals surface area contributed by atoms with Gasteiger partial charge in [-0.1, -0.05) is 19.1 Å². The molecule has 0 saturated heterocycles. The first kappa shape index (κ1) is 17.7. The van der Waals surface area contributed by atoms with Crippen LogP contribution in [0.4, 0.5) is 0 Å². The van der Waals surface area contributed by atoms with Gasteiger partial charge in [0.1, 0.15) is 18.1 Å². The fourth-order valence-corrected chi connectivity index (χ4v) is 2.20. The molecule has 24 heavy (non-hydrogen) atoms. The molecule has 0 atom stereocenters. The van der Waals surface area contributed by atoms with Gasteiger partial charge in [-0.3, -0.25) is 5.43 Å². The molecule has 3 N–H and O–H groups in total. The lowest BCUT2D eigenvalue weighted by atomic mass is 10.1. The molecule has 5 nitrogen and oxygen atoms in total. The van der Waals surface area contributed by atoms with Gasteiger partial charge in [-0.2, -0.15) is 5.10 Å². The Kier molecular flexibility index (Phi) is 6.57. The van der Waals surface area contributed by atoms with Gasteiger partial charge in [-0.15, -0.1) is 0 Å². The van der Waals surface area contributed by atoms with Gasteiger partial charge in [-0.25, -0.2) is 0 Å². The molecule has 2 aromatic rings. The lowest BCUT2D eigenvalue weighted by molar-refractivity contribution is 0.296. The van der Waals surface area contributed by atoms with Crippen LogP contribution in [-0.4, -0.2) is 18.4 Å². The van der Waals surface area contributed by atoms with Crippen molar-refractivity contribution >= 4 is 23.5 Å². The third-order valence-corrected chi connectivity index (χ3v) is 3.51. The minimum atomic E-state index is 0.124. The summed E-state index contributed by atoms with van der Waals surface area (Å²) >= 11 is 4.70. The molecule has 0 amide bonds.